The SMILES string of the molecule is CCN=[N+]([O-])OCc1ccc(Br)cc1. The lowest BCUT2D eigenvalue weighted by atomic mass is 10.2. The molecule has 14 heavy (non-hydrogen) atoms. The molecule has 0 N–H and O–H groups in total. The zero-order valence-corrected chi connectivity index (χ0v) is 9.40. The molecule has 0 heterocycles. The van der Waals surface area contributed by atoms with Crippen LogP contribution < -0.4 is 0 Å². The molecule has 0 radical (unpaired) electrons. The first kappa shape index (κ1) is 11.0. The molecule has 0 unspecified atom stereocenters. The Morgan fingerprint density at radius 2 is 2.07 bits per heavy atom. The van der Waals surface area contributed by atoms with E-state index in [0.717, 1.165) is 10.0 Å². The van der Waals surface area contributed by atoms with Crippen molar-refractivity contribution in [3.63, 3.8) is 0 Å². The summed E-state index contributed by atoms with van der Waals surface area (Å²) in [6.45, 7) is 2.43. The molecule has 0 aliphatic carbocycles. The summed E-state index contributed by atoms with van der Waals surface area (Å²) < 4.78 is 0.999. The second-order valence-corrected chi connectivity index (χ2v) is 3.51. The highest BCUT2D eigenvalue weighted by Gasteiger charge is 1.95. The predicted molar refractivity (Wildman–Crippen MR) is 55.5 cm³/mol. The van der Waals surface area contributed by atoms with Crippen LogP contribution in [0.4, 0.5) is 0 Å². The third kappa shape index (κ3) is 3.74. The Balaban J connectivity index is 2.46. The highest BCUT2D eigenvalue weighted by Crippen LogP contribution is 2.11. The molecule has 0 spiro atoms. The van der Waals surface area contributed by atoms with Crippen LogP contribution >= 0.6 is 15.9 Å². The van der Waals surface area contributed by atoms with Crippen molar-refractivity contribution in [3.05, 3.63) is 39.5 Å². The molecule has 4 nitrogen and oxygen atoms in total. The van der Waals surface area contributed by atoms with Gasteiger partial charge >= 0.3 is 0 Å². The van der Waals surface area contributed by atoms with Crippen molar-refractivity contribution >= 4 is 15.9 Å². The van der Waals surface area contributed by atoms with Gasteiger partial charge in [0, 0.05) is 9.59 Å². The Hall–Kier alpha value is -1.10. The summed E-state index contributed by atoms with van der Waals surface area (Å²) in [7, 11) is 0. The van der Waals surface area contributed by atoms with Gasteiger partial charge in [0.25, 0.3) is 0 Å². The molecule has 1 aromatic carbocycles. The van der Waals surface area contributed by atoms with E-state index in [-0.39, 0.29) is 11.6 Å². The Labute approximate surface area is 90.9 Å². The van der Waals surface area contributed by atoms with Crippen LogP contribution in [-0.2, 0) is 11.4 Å². The van der Waals surface area contributed by atoms with Crippen molar-refractivity contribution < 1.29 is 9.86 Å². The van der Waals surface area contributed by atoms with Crippen molar-refractivity contribution in [2.75, 3.05) is 6.54 Å². The molecule has 0 aliphatic heterocycles. The van der Waals surface area contributed by atoms with E-state index in [2.05, 4.69) is 21.0 Å². The molecule has 0 aliphatic rings. The van der Waals surface area contributed by atoms with E-state index in [0.29, 0.717) is 6.54 Å². The van der Waals surface area contributed by atoms with E-state index in [9.17, 15) is 5.21 Å². The fourth-order valence-corrected chi connectivity index (χ4v) is 1.13. The number of hydrogen-bond acceptors (Lipinski definition) is 3. The smallest absolute Gasteiger partial charge is 0.169 e. The van der Waals surface area contributed by atoms with Crippen LogP contribution in [-0.4, -0.2) is 11.6 Å². The molecule has 0 saturated heterocycles. The Morgan fingerprint density at radius 1 is 1.43 bits per heavy atom. The van der Waals surface area contributed by atoms with Gasteiger partial charge < -0.3 is 4.84 Å². The van der Waals surface area contributed by atoms with Gasteiger partial charge in [-0.3, -0.25) is 0 Å². The number of rotatable bonds is 4. The zero-order chi connectivity index (χ0) is 10.4. The van der Waals surface area contributed by atoms with Crippen LogP contribution in [0.3, 0.4) is 0 Å². The highest BCUT2D eigenvalue weighted by atomic mass is 79.9. The first-order chi connectivity index (χ1) is 6.72. The van der Waals surface area contributed by atoms with Crippen LogP contribution in [0.2, 0.25) is 0 Å². The van der Waals surface area contributed by atoms with Gasteiger partial charge in [-0.15, -0.1) is 0 Å². The summed E-state index contributed by atoms with van der Waals surface area (Å²) in [5.41, 5.74) is 0.931. The summed E-state index contributed by atoms with van der Waals surface area (Å²) >= 11 is 3.32. The van der Waals surface area contributed by atoms with E-state index in [4.69, 9.17) is 4.84 Å². The van der Waals surface area contributed by atoms with Crippen molar-refractivity contribution in [2.45, 2.75) is 13.5 Å². The van der Waals surface area contributed by atoms with Crippen LogP contribution in [0.15, 0.2) is 33.9 Å². The van der Waals surface area contributed by atoms with Gasteiger partial charge in [0.1, 0.15) is 6.54 Å². The summed E-state index contributed by atoms with van der Waals surface area (Å²) in [5, 5.41) is 14.6. The maximum atomic E-state index is 10.8. The van der Waals surface area contributed by atoms with Gasteiger partial charge in [-0.1, -0.05) is 28.1 Å². The summed E-state index contributed by atoms with van der Waals surface area (Å²) in [6, 6.07) is 7.54. The topological polar surface area (TPSA) is 47.7 Å². The molecule has 0 saturated carbocycles. The first-order valence-electron chi connectivity index (χ1n) is 4.24. The van der Waals surface area contributed by atoms with E-state index < -0.39 is 0 Å². The van der Waals surface area contributed by atoms with E-state index in [1.54, 1.807) is 6.92 Å². The minimum Gasteiger partial charge on any atom is -0.376 e. The average molecular weight is 259 g/mol. The number of halogens is 1. The molecule has 5 heteroatoms. The van der Waals surface area contributed by atoms with Gasteiger partial charge in [-0.25, -0.2) is 5.21 Å². The second-order valence-electron chi connectivity index (χ2n) is 2.60. The van der Waals surface area contributed by atoms with E-state index in [1.807, 2.05) is 24.3 Å². The number of hydrogen-bond donors (Lipinski definition) is 0. The van der Waals surface area contributed by atoms with Crippen LogP contribution in [0.1, 0.15) is 12.5 Å². The lowest BCUT2D eigenvalue weighted by molar-refractivity contribution is -0.795. The third-order valence-corrected chi connectivity index (χ3v) is 2.04. The third-order valence-electron chi connectivity index (χ3n) is 1.51. The van der Waals surface area contributed by atoms with Gasteiger partial charge in [0.05, 0.1) is 6.61 Å². The van der Waals surface area contributed by atoms with Gasteiger partial charge in [-0.2, -0.15) is 0 Å². The summed E-state index contributed by atoms with van der Waals surface area (Å²) in [5.74, 6) is 0. The minimum atomic E-state index is 0.236. The monoisotopic (exact) mass is 258 g/mol. The lowest BCUT2D eigenvalue weighted by Gasteiger charge is -2.03. The Kier molecular flexibility index (Phi) is 4.39. The van der Waals surface area contributed by atoms with Crippen molar-refractivity contribution in [3.8, 4) is 0 Å². The van der Waals surface area contributed by atoms with Crippen LogP contribution in [0, 0.1) is 5.21 Å². The van der Waals surface area contributed by atoms with Crippen molar-refractivity contribution in [2.24, 2.45) is 5.11 Å². The number of benzene rings is 1. The largest absolute Gasteiger partial charge is 0.376 e. The fourth-order valence-electron chi connectivity index (χ4n) is 0.867. The highest BCUT2D eigenvalue weighted by molar-refractivity contribution is 9.10. The Morgan fingerprint density at radius 3 is 2.64 bits per heavy atom. The van der Waals surface area contributed by atoms with Crippen molar-refractivity contribution in [1.82, 2.24) is 0 Å². The maximum absolute atomic E-state index is 10.8. The molecule has 0 amide bonds. The Bertz CT molecular complexity index is 311. The molecular formula is C9H11BrN2O2. The van der Waals surface area contributed by atoms with E-state index in [1.165, 1.54) is 0 Å². The van der Waals surface area contributed by atoms with Crippen LogP contribution in [0.5, 0.6) is 0 Å². The second kappa shape index (κ2) is 5.59. The number of nitrogens with zero attached hydrogens (tertiary/aromatic N) is 2. The average Bonchev–Trinajstić information content (AvgIpc) is 2.17. The summed E-state index contributed by atoms with van der Waals surface area (Å²) in [4.78, 5) is 4.80. The van der Waals surface area contributed by atoms with Crippen LogP contribution in [0.25, 0.3) is 0 Å². The fraction of sp³-hybridized carbons (Fsp3) is 0.333. The standard InChI is InChI=1S/C9H11BrN2O2/c1-2-11-12(13)14-7-8-3-5-9(10)6-4-8/h3-6H,2,7H2,1H3. The zero-order valence-electron chi connectivity index (χ0n) is 7.81. The van der Waals surface area contributed by atoms with Gasteiger partial charge in [-0.05, 0) is 24.6 Å². The predicted octanol–water partition coefficient (Wildman–Crippen LogP) is 2.86. The molecule has 76 valence electrons. The molecule has 0 atom stereocenters. The van der Waals surface area contributed by atoms with E-state index >= 15 is 0 Å². The molecule has 1 rings (SSSR count). The normalized spacial score (nSPS) is 11.4. The quantitative estimate of drug-likeness (QED) is 0.616. The van der Waals surface area contributed by atoms with Gasteiger partial charge in [0.2, 0.25) is 0 Å². The lowest BCUT2D eigenvalue weighted by Crippen LogP contribution is -2.02. The molecule has 1 aromatic rings. The minimum absolute atomic E-state index is 0.236. The first-order valence-corrected chi connectivity index (χ1v) is 5.03. The molecule has 0 aromatic heterocycles. The molecule has 0 bridgehead atoms. The van der Waals surface area contributed by atoms with Crippen molar-refractivity contribution in [1.29, 1.82) is 0 Å². The summed E-state index contributed by atoms with van der Waals surface area (Å²) in [6.07, 6.45) is 0. The molecular weight excluding hydrogens is 248 g/mol. The maximum Gasteiger partial charge on any atom is 0.169 e. The van der Waals surface area contributed by atoms with Gasteiger partial charge in [0.15, 0.2) is 5.02 Å². The molecule has 0 fully saturated rings.